The SMILES string of the molecule is O=C(N[C@H]1CCOc2ccccc21)[C@H]1CCCN(S(=O)(=O)c2cccs2)C1. The van der Waals surface area contributed by atoms with Crippen LogP contribution in [0.25, 0.3) is 0 Å². The van der Waals surface area contributed by atoms with Gasteiger partial charge in [-0.1, -0.05) is 24.3 Å². The molecule has 8 heteroatoms. The highest BCUT2D eigenvalue weighted by atomic mass is 32.2. The average molecular weight is 407 g/mol. The number of nitrogens with one attached hydrogen (secondary N) is 1. The summed E-state index contributed by atoms with van der Waals surface area (Å²) >= 11 is 1.21. The Labute approximate surface area is 163 Å². The van der Waals surface area contributed by atoms with Gasteiger partial charge in [0.15, 0.2) is 0 Å². The van der Waals surface area contributed by atoms with Gasteiger partial charge in [0.25, 0.3) is 10.0 Å². The van der Waals surface area contributed by atoms with Gasteiger partial charge >= 0.3 is 0 Å². The van der Waals surface area contributed by atoms with Gasteiger partial charge in [-0.25, -0.2) is 8.42 Å². The first-order chi connectivity index (χ1) is 13.1. The smallest absolute Gasteiger partial charge is 0.252 e. The van der Waals surface area contributed by atoms with Gasteiger partial charge in [0, 0.05) is 25.1 Å². The number of hydrogen-bond donors (Lipinski definition) is 1. The third-order valence-electron chi connectivity index (χ3n) is 5.12. The van der Waals surface area contributed by atoms with Crippen LogP contribution >= 0.6 is 11.3 Å². The number of hydrogen-bond acceptors (Lipinski definition) is 5. The Morgan fingerprint density at radius 3 is 2.85 bits per heavy atom. The molecule has 2 atom stereocenters. The highest BCUT2D eigenvalue weighted by Gasteiger charge is 2.35. The maximum Gasteiger partial charge on any atom is 0.252 e. The summed E-state index contributed by atoms with van der Waals surface area (Å²) in [6.07, 6.45) is 2.10. The third-order valence-corrected chi connectivity index (χ3v) is 8.36. The minimum Gasteiger partial charge on any atom is -0.493 e. The molecule has 1 aromatic heterocycles. The van der Waals surface area contributed by atoms with Crippen molar-refractivity contribution >= 4 is 27.3 Å². The number of fused-ring (bicyclic) bond motifs is 1. The van der Waals surface area contributed by atoms with E-state index in [4.69, 9.17) is 4.74 Å². The van der Waals surface area contributed by atoms with Crippen molar-refractivity contribution in [2.45, 2.75) is 29.5 Å². The molecule has 1 N–H and O–H groups in total. The van der Waals surface area contributed by atoms with Gasteiger partial charge in [0.1, 0.15) is 9.96 Å². The summed E-state index contributed by atoms with van der Waals surface area (Å²) in [7, 11) is -3.52. The van der Waals surface area contributed by atoms with Crippen molar-refractivity contribution in [1.82, 2.24) is 9.62 Å². The number of nitrogens with zero attached hydrogens (tertiary/aromatic N) is 1. The fourth-order valence-corrected chi connectivity index (χ4v) is 6.36. The molecule has 0 unspecified atom stereocenters. The lowest BCUT2D eigenvalue weighted by Crippen LogP contribution is -2.46. The standard InChI is InChI=1S/C19H22N2O4S2/c22-19(20-16-9-11-25-17-7-2-1-6-15(16)17)14-5-3-10-21(13-14)27(23,24)18-8-4-12-26-18/h1-2,4,6-8,12,14,16H,3,5,9-11,13H2,(H,20,22)/t14-,16-/m0/s1. The van der Waals surface area contributed by atoms with Crippen LogP contribution in [0, 0.1) is 5.92 Å². The number of carbonyl (C=O) groups excluding carboxylic acids is 1. The zero-order chi connectivity index (χ0) is 18.9. The van der Waals surface area contributed by atoms with Gasteiger partial charge in [0.2, 0.25) is 5.91 Å². The van der Waals surface area contributed by atoms with Crippen LogP contribution < -0.4 is 10.1 Å². The Morgan fingerprint density at radius 1 is 1.19 bits per heavy atom. The number of sulfonamides is 1. The van der Waals surface area contributed by atoms with E-state index < -0.39 is 10.0 Å². The molecule has 3 heterocycles. The van der Waals surface area contributed by atoms with Gasteiger partial charge in [-0.05, 0) is 30.4 Å². The van der Waals surface area contributed by atoms with Crippen LogP contribution in [0.1, 0.15) is 30.9 Å². The summed E-state index contributed by atoms with van der Waals surface area (Å²) < 4.78 is 32.9. The Balaban J connectivity index is 1.46. The second kappa shape index (κ2) is 7.61. The van der Waals surface area contributed by atoms with Crippen LogP contribution in [0.2, 0.25) is 0 Å². The number of carbonyl (C=O) groups is 1. The summed E-state index contributed by atoms with van der Waals surface area (Å²) in [4.78, 5) is 12.9. The van der Waals surface area contributed by atoms with E-state index in [1.165, 1.54) is 15.6 Å². The van der Waals surface area contributed by atoms with E-state index in [1.807, 2.05) is 24.3 Å². The Hall–Kier alpha value is -1.90. The van der Waals surface area contributed by atoms with Gasteiger partial charge in [0.05, 0.1) is 18.6 Å². The fourth-order valence-electron chi connectivity index (χ4n) is 3.69. The van der Waals surface area contributed by atoms with E-state index in [0.717, 1.165) is 11.3 Å². The lowest BCUT2D eigenvalue weighted by molar-refractivity contribution is -0.127. The van der Waals surface area contributed by atoms with Crippen molar-refractivity contribution in [1.29, 1.82) is 0 Å². The normalized spacial score (nSPS) is 23.3. The largest absolute Gasteiger partial charge is 0.493 e. The molecule has 2 aromatic rings. The zero-order valence-electron chi connectivity index (χ0n) is 14.8. The quantitative estimate of drug-likeness (QED) is 0.847. The van der Waals surface area contributed by atoms with Crippen LogP contribution in [-0.4, -0.2) is 38.3 Å². The van der Waals surface area contributed by atoms with E-state index in [9.17, 15) is 13.2 Å². The number of amides is 1. The van der Waals surface area contributed by atoms with E-state index in [-0.39, 0.29) is 24.4 Å². The monoisotopic (exact) mass is 406 g/mol. The Bertz CT molecular complexity index is 912. The van der Waals surface area contributed by atoms with Crippen molar-refractivity contribution in [2.24, 2.45) is 5.92 Å². The van der Waals surface area contributed by atoms with Gasteiger partial charge in [-0.15, -0.1) is 11.3 Å². The minimum atomic E-state index is -3.52. The van der Waals surface area contributed by atoms with Crippen LogP contribution in [-0.2, 0) is 14.8 Å². The first-order valence-electron chi connectivity index (χ1n) is 9.11. The summed E-state index contributed by atoms with van der Waals surface area (Å²) in [6, 6.07) is 11.0. The molecule has 0 aliphatic carbocycles. The first kappa shape index (κ1) is 18.5. The summed E-state index contributed by atoms with van der Waals surface area (Å²) in [6.45, 7) is 1.26. The zero-order valence-corrected chi connectivity index (χ0v) is 16.5. The molecule has 6 nitrogen and oxygen atoms in total. The van der Waals surface area contributed by atoms with Crippen molar-refractivity contribution in [3.05, 3.63) is 47.3 Å². The maximum atomic E-state index is 12.9. The molecular formula is C19H22N2O4S2. The number of benzene rings is 1. The van der Waals surface area contributed by atoms with Crippen LogP contribution in [0.15, 0.2) is 46.0 Å². The lowest BCUT2D eigenvalue weighted by Gasteiger charge is -2.33. The fraction of sp³-hybridized carbons (Fsp3) is 0.421. The summed E-state index contributed by atoms with van der Waals surface area (Å²) in [5, 5.41) is 4.87. The van der Waals surface area contributed by atoms with E-state index in [1.54, 1.807) is 17.5 Å². The number of rotatable bonds is 4. The number of thiophene rings is 1. The lowest BCUT2D eigenvalue weighted by atomic mass is 9.96. The maximum absolute atomic E-state index is 12.9. The molecule has 27 heavy (non-hydrogen) atoms. The molecule has 2 aliphatic heterocycles. The van der Waals surface area contributed by atoms with Crippen LogP contribution in [0.4, 0.5) is 0 Å². The molecule has 0 saturated carbocycles. The van der Waals surface area contributed by atoms with Crippen molar-refractivity contribution in [2.75, 3.05) is 19.7 Å². The van der Waals surface area contributed by atoms with Gasteiger partial charge in [-0.3, -0.25) is 4.79 Å². The predicted octanol–water partition coefficient (Wildman–Crippen LogP) is 2.79. The second-order valence-electron chi connectivity index (χ2n) is 6.87. The molecular weight excluding hydrogens is 384 g/mol. The molecule has 144 valence electrons. The summed E-state index contributed by atoms with van der Waals surface area (Å²) in [5.41, 5.74) is 0.982. The molecule has 1 amide bonds. The van der Waals surface area contributed by atoms with Crippen molar-refractivity contribution in [3.8, 4) is 5.75 Å². The Kier molecular flexibility index (Phi) is 5.21. The molecule has 1 saturated heterocycles. The van der Waals surface area contributed by atoms with Crippen LogP contribution in [0.5, 0.6) is 5.75 Å². The van der Waals surface area contributed by atoms with Gasteiger partial charge in [-0.2, -0.15) is 4.31 Å². The Morgan fingerprint density at radius 2 is 2.04 bits per heavy atom. The van der Waals surface area contributed by atoms with Crippen molar-refractivity contribution in [3.63, 3.8) is 0 Å². The average Bonchev–Trinajstić information content (AvgIpc) is 3.24. The molecule has 0 radical (unpaired) electrons. The molecule has 2 aliphatic rings. The molecule has 0 bridgehead atoms. The number of piperidine rings is 1. The van der Waals surface area contributed by atoms with E-state index in [0.29, 0.717) is 36.6 Å². The van der Waals surface area contributed by atoms with Crippen molar-refractivity contribution < 1.29 is 17.9 Å². The highest BCUT2D eigenvalue weighted by Crippen LogP contribution is 2.32. The highest BCUT2D eigenvalue weighted by molar-refractivity contribution is 7.91. The van der Waals surface area contributed by atoms with Gasteiger partial charge < -0.3 is 10.1 Å². The number of ether oxygens (including phenoxy) is 1. The second-order valence-corrected chi connectivity index (χ2v) is 9.98. The third kappa shape index (κ3) is 3.74. The molecule has 0 spiro atoms. The topological polar surface area (TPSA) is 75.7 Å². The minimum absolute atomic E-state index is 0.0808. The molecule has 1 fully saturated rings. The van der Waals surface area contributed by atoms with E-state index in [2.05, 4.69) is 5.32 Å². The molecule has 4 rings (SSSR count). The predicted molar refractivity (Wildman–Crippen MR) is 103 cm³/mol. The molecule has 1 aromatic carbocycles. The number of para-hydroxylation sites is 1. The summed E-state index contributed by atoms with van der Waals surface area (Å²) in [5.74, 6) is 0.394. The van der Waals surface area contributed by atoms with Crippen LogP contribution in [0.3, 0.4) is 0 Å². The van der Waals surface area contributed by atoms with E-state index >= 15 is 0 Å². The first-order valence-corrected chi connectivity index (χ1v) is 11.4.